The minimum absolute atomic E-state index is 1.32. The Kier molecular flexibility index (Phi) is 17.2. The molecule has 25 heavy (non-hydrogen) atoms. The Bertz CT molecular complexity index is 226. The summed E-state index contributed by atoms with van der Waals surface area (Å²) in [5.74, 6) is 0. The van der Waals surface area contributed by atoms with Crippen molar-refractivity contribution >= 4 is 0 Å². The Morgan fingerprint density at radius 3 is 0.640 bits per heavy atom. The molecule has 1 aliphatic rings. The third-order valence-corrected chi connectivity index (χ3v) is 6.08. The van der Waals surface area contributed by atoms with E-state index in [1.54, 1.807) is 0 Å². The molecule has 0 unspecified atom stereocenters. The molecule has 0 spiro atoms. The van der Waals surface area contributed by atoms with Crippen LogP contribution in [0.1, 0.15) is 135 Å². The first-order valence-corrected chi connectivity index (χ1v) is 12.1. The van der Waals surface area contributed by atoms with Gasteiger partial charge in [-0.05, 0) is 33.0 Å². The van der Waals surface area contributed by atoms with E-state index < -0.39 is 0 Å². The Morgan fingerprint density at radius 2 is 0.440 bits per heavy atom. The summed E-state index contributed by atoms with van der Waals surface area (Å²) in [6.07, 6.45) is 31.0. The number of hydrogen-bond acceptors (Lipinski definition) is 1. The van der Waals surface area contributed by atoms with Crippen LogP contribution in [0.2, 0.25) is 0 Å². The average Bonchev–Trinajstić information content (AvgIpc) is 2.61. The maximum atomic E-state index is 2.57. The van der Waals surface area contributed by atoms with Crippen LogP contribution in [0.5, 0.6) is 0 Å². The average molecular weight is 352 g/mol. The fourth-order valence-electron chi connectivity index (χ4n) is 4.23. The molecule has 0 radical (unpaired) electrons. The smallest absolute Gasteiger partial charge is 0.00218 e. The van der Waals surface area contributed by atoms with Gasteiger partial charge in [0.25, 0.3) is 0 Å². The van der Waals surface area contributed by atoms with Gasteiger partial charge in [0.05, 0.1) is 0 Å². The second-order valence-electron chi connectivity index (χ2n) is 8.73. The van der Waals surface area contributed by atoms with E-state index in [-0.39, 0.29) is 0 Å². The molecule has 0 aromatic carbocycles. The molecule has 1 nitrogen and oxygen atoms in total. The largest absolute Gasteiger partial charge is 0.306 e. The first kappa shape index (κ1) is 23.0. The fourth-order valence-corrected chi connectivity index (χ4v) is 4.23. The van der Waals surface area contributed by atoms with Crippen LogP contribution in [0.25, 0.3) is 0 Å². The maximum absolute atomic E-state index is 2.57. The van der Waals surface area contributed by atoms with Crippen molar-refractivity contribution in [1.82, 2.24) is 4.90 Å². The zero-order valence-electron chi connectivity index (χ0n) is 17.7. The fraction of sp³-hybridized carbons (Fsp3) is 1.00. The second kappa shape index (κ2) is 18.7. The molecule has 0 aliphatic carbocycles. The van der Waals surface area contributed by atoms with E-state index in [2.05, 4.69) is 11.9 Å². The van der Waals surface area contributed by atoms with Gasteiger partial charge in [0.15, 0.2) is 0 Å². The van der Waals surface area contributed by atoms with Crippen LogP contribution in [0, 0.1) is 0 Å². The highest BCUT2D eigenvalue weighted by molar-refractivity contribution is 4.55. The standard InChI is InChI=1S/C24H49N/c1-25-23-21-19-17-15-13-11-9-7-5-3-2-4-6-8-10-12-14-16-18-20-22-24-25/h2-24H2,1H3. The summed E-state index contributed by atoms with van der Waals surface area (Å²) < 4.78 is 0. The van der Waals surface area contributed by atoms with Gasteiger partial charge in [0.1, 0.15) is 0 Å². The molecule has 0 aromatic heterocycles. The van der Waals surface area contributed by atoms with E-state index in [0.717, 1.165) is 0 Å². The molecule has 0 bridgehead atoms. The summed E-state index contributed by atoms with van der Waals surface area (Å²) in [7, 11) is 2.32. The predicted molar refractivity (Wildman–Crippen MR) is 114 cm³/mol. The van der Waals surface area contributed by atoms with Gasteiger partial charge in [-0.15, -0.1) is 0 Å². The maximum Gasteiger partial charge on any atom is -0.00218 e. The lowest BCUT2D eigenvalue weighted by Crippen LogP contribution is -2.20. The number of nitrogens with zero attached hydrogens (tertiary/aromatic N) is 1. The van der Waals surface area contributed by atoms with E-state index in [0.29, 0.717) is 0 Å². The highest BCUT2D eigenvalue weighted by atomic mass is 15.1. The lowest BCUT2D eigenvalue weighted by atomic mass is 10.0. The van der Waals surface area contributed by atoms with Crippen molar-refractivity contribution in [3.05, 3.63) is 0 Å². The van der Waals surface area contributed by atoms with Crippen LogP contribution < -0.4 is 0 Å². The molecule has 1 heteroatoms. The molecule has 1 fully saturated rings. The molecule has 1 saturated heterocycles. The van der Waals surface area contributed by atoms with Crippen LogP contribution in [-0.4, -0.2) is 25.0 Å². The van der Waals surface area contributed by atoms with Crippen LogP contribution in [-0.2, 0) is 0 Å². The predicted octanol–water partition coefficient (Wildman–Crippen LogP) is 8.12. The van der Waals surface area contributed by atoms with E-state index >= 15 is 0 Å². The summed E-state index contributed by atoms with van der Waals surface area (Å²) in [5, 5.41) is 0. The quantitative estimate of drug-likeness (QED) is 0.426. The van der Waals surface area contributed by atoms with Gasteiger partial charge in [0, 0.05) is 0 Å². The monoisotopic (exact) mass is 351 g/mol. The number of hydrogen-bond donors (Lipinski definition) is 0. The van der Waals surface area contributed by atoms with Crippen LogP contribution in [0.3, 0.4) is 0 Å². The van der Waals surface area contributed by atoms with Crippen molar-refractivity contribution in [2.75, 3.05) is 20.1 Å². The molecule has 150 valence electrons. The summed E-state index contributed by atoms with van der Waals surface area (Å²) in [5.41, 5.74) is 0. The summed E-state index contributed by atoms with van der Waals surface area (Å²) in [6.45, 7) is 2.64. The molecule has 1 rings (SSSR count). The van der Waals surface area contributed by atoms with Crippen LogP contribution in [0.15, 0.2) is 0 Å². The highest BCUT2D eigenvalue weighted by Gasteiger charge is 2.00. The Labute approximate surface area is 160 Å². The van der Waals surface area contributed by atoms with E-state index in [1.165, 1.54) is 148 Å². The molecule has 0 amide bonds. The van der Waals surface area contributed by atoms with Gasteiger partial charge in [0.2, 0.25) is 0 Å². The Balaban J connectivity index is 2.07. The topological polar surface area (TPSA) is 3.24 Å². The summed E-state index contributed by atoms with van der Waals surface area (Å²) >= 11 is 0. The van der Waals surface area contributed by atoms with E-state index in [9.17, 15) is 0 Å². The van der Waals surface area contributed by atoms with Gasteiger partial charge >= 0.3 is 0 Å². The minimum Gasteiger partial charge on any atom is -0.306 e. The molecule has 1 aliphatic heterocycles. The zero-order valence-corrected chi connectivity index (χ0v) is 17.7. The van der Waals surface area contributed by atoms with Gasteiger partial charge in [-0.25, -0.2) is 0 Å². The van der Waals surface area contributed by atoms with Gasteiger partial charge in [-0.3, -0.25) is 0 Å². The summed E-state index contributed by atoms with van der Waals surface area (Å²) in [4.78, 5) is 2.57. The van der Waals surface area contributed by atoms with Crippen molar-refractivity contribution in [3.63, 3.8) is 0 Å². The van der Waals surface area contributed by atoms with Gasteiger partial charge in [-0.1, -0.05) is 122 Å². The molecule has 0 aromatic rings. The van der Waals surface area contributed by atoms with Crippen molar-refractivity contribution in [1.29, 1.82) is 0 Å². The zero-order chi connectivity index (χ0) is 17.8. The number of rotatable bonds is 0. The van der Waals surface area contributed by atoms with E-state index in [1.807, 2.05) is 0 Å². The third-order valence-electron chi connectivity index (χ3n) is 6.08. The SMILES string of the molecule is CN1CCCCCCCCCCCCCCCCCCCCCCC1. The normalized spacial score (nSPS) is 24.4. The molecular weight excluding hydrogens is 302 g/mol. The minimum atomic E-state index is 1.32. The highest BCUT2D eigenvalue weighted by Crippen LogP contribution is 2.15. The van der Waals surface area contributed by atoms with Crippen LogP contribution >= 0.6 is 0 Å². The second-order valence-corrected chi connectivity index (χ2v) is 8.73. The molecular formula is C24H49N. The van der Waals surface area contributed by atoms with Crippen molar-refractivity contribution in [3.8, 4) is 0 Å². The van der Waals surface area contributed by atoms with E-state index in [4.69, 9.17) is 0 Å². The van der Waals surface area contributed by atoms with Gasteiger partial charge < -0.3 is 4.90 Å². The lowest BCUT2D eigenvalue weighted by molar-refractivity contribution is 0.314. The van der Waals surface area contributed by atoms with Gasteiger partial charge in [-0.2, -0.15) is 0 Å². The molecule has 1 heterocycles. The van der Waals surface area contributed by atoms with Crippen molar-refractivity contribution < 1.29 is 0 Å². The Morgan fingerprint density at radius 1 is 0.280 bits per heavy atom. The lowest BCUT2D eigenvalue weighted by Gasteiger charge is -2.16. The molecule has 0 N–H and O–H groups in total. The van der Waals surface area contributed by atoms with Crippen molar-refractivity contribution in [2.45, 2.75) is 135 Å². The third kappa shape index (κ3) is 17.1. The summed E-state index contributed by atoms with van der Waals surface area (Å²) in [6, 6.07) is 0. The van der Waals surface area contributed by atoms with Crippen molar-refractivity contribution in [2.24, 2.45) is 0 Å². The molecule has 0 saturated carbocycles. The molecule has 0 atom stereocenters. The first-order chi connectivity index (χ1) is 12.4. The Hall–Kier alpha value is -0.0400. The van der Waals surface area contributed by atoms with Crippen LogP contribution in [0.4, 0.5) is 0 Å². The first-order valence-electron chi connectivity index (χ1n) is 12.1.